The molecule has 0 aliphatic carbocycles. The molecule has 0 fully saturated rings. The standard InChI is InChI=1S/C19H29NO5/c1-18(2,3)25-17(24)20(6)12-15(21)14-9-7-8-13(10-14)11-19(4,5)16(22)23/h7-10,15,21H,11-12H2,1-6H3,(H,22,23). The lowest BCUT2D eigenvalue weighted by molar-refractivity contribution is -0.146. The van der Waals surface area contributed by atoms with Crippen LogP contribution < -0.4 is 0 Å². The Balaban J connectivity index is 2.79. The molecule has 1 aromatic rings. The molecule has 0 aliphatic rings. The van der Waals surface area contributed by atoms with Crippen LogP contribution in [-0.4, -0.2) is 46.4 Å². The SMILES string of the molecule is CN(CC(O)c1cccc(CC(C)(C)C(=O)O)c1)C(=O)OC(C)(C)C. The van der Waals surface area contributed by atoms with Crippen LogP contribution in [0.2, 0.25) is 0 Å². The van der Waals surface area contributed by atoms with E-state index >= 15 is 0 Å². The van der Waals surface area contributed by atoms with E-state index in [-0.39, 0.29) is 6.54 Å². The summed E-state index contributed by atoms with van der Waals surface area (Å²) in [4.78, 5) is 24.6. The Morgan fingerprint density at radius 2 is 1.80 bits per heavy atom. The molecule has 0 bridgehead atoms. The van der Waals surface area contributed by atoms with E-state index in [1.807, 2.05) is 6.07 Å². The molecule has 2 N–H and O–H groups in total. The van der Waals surface area contributed by atoms with Gasteiger partial charge in [0.05, 0.1) is 18.1 Å². The van der Waals surface area contributed by atoms with Gasteiger partial charge in [-0.25, -0.2) is 4.79 Å². The Hall–Kier alpha value is -2.08. The largest absolute Gasteiger partial charge is 0.481 e. The monoisotopic (exact) mass is 351 g/mol. The summed E-state index contributed by atoms with van der Waals surface area (Å²) in [7, 11) is 1.56. The maximum atomic E-state index is 12.0. The van der Waals surface area contributed by atoms with E-state index in [0.29, 0.717) is 12.0 Å². The Labute approximate surface area is 149 Å². The Morgan fingerprint density at radius 3 is 2.32 bits per heavy atom. The van der Waals surface area contributed by atoms with Crippen LogP contribution in [0.3, 0.4) is 0 Å². The van der Waals surface area contributed by atoms with Crippen LogP contribution >= 0.6 is 0 Å². The van der Waals surface area contributed by atoms with Crippen LogP contribution in [0, 0.1) is 5.41 Å². The second-order valence-corrected chi connectivity index (χ2v) is 7.99. The highest BCUT2D eigenvalue weighted by Crippen LogP contribution is 2.24. The Morgan fingerprint density at radius 1 is 1.20 bits per heavy atom. The fourth-order valence-corrected chi connectivity index (χ4v) is 2.28. The van der Waals surface area contributed by atoms with Crippen molar-refractivity contribution < 1.29 is 24.5 Å². The summed E-state index contributed by atoms with van der Waals surface area (Å²) in [6, 6.07) is 7.14. The molecule has 25 heavy (non-hydrogen) atoms. The van der Waals surface area contributed by atoms with Crippen molar-refractivity contribution in [3.05, 3.63) is 35.4 Å². The van der Waals surface area contributed by atoms with Gasteiger partial charge in [-0.3, -0.25) is 4.79 Å². The molecule has 0 aromatic heterocycles. The number of aliphatic hydroxyl groups excluding tert-OH is 1. The third-order valence-corrected chi connectivity index (χ3v) is 3.71. The lowest BCUT2D eigenvalue weighted by atomic mass is 9.85. The third kappa shape index (κ3) is 6.74. The molecule has 0 saturated carbocycles. The summed E-state index contributed by atoms with van der Waals surface area (Å²) >= 11 is 0. The van der Waals surface area contributed by atoms with E-state index in [2.05, 4.69) is 0 Å². The first-order chi connectivity index (χ1) is 11.3. The topological polar surface area (TPSA) is 87.1 Å². The number of carboxylic acids is 1. The molecule has 6 nitrogen and oxygen atoms in total. The van der Waals surface area contributed by atoms with Crippen LogP contribution in [0.4, 0.5) is 4.79 Å². The van der Waals surface area contributed by atoms with Crippen molar-refractivity contribution in [3.63, 3.8) is 0 Å². The number of hydrogen-bond donors (Lipinski definition) is 2. The van der Waals surface area contributed by atoms with E-state index in [1.165, 1.54) is 4.90 Å². The molecule has 1 aromatic carbocycles. The highest BCUT2D eigenvalue weighted by atomic mass is 16.6. The summed E-state index contributed by atoms with van der Waals surface area (Å²) in [5.74, 6) is -0.872. The number of carbonyl (C=O) groups is 2. The normalized spacial score (nSPS) is 13.2. The second-order valence-electron chi connectivity index (χ2n) is 7.99. The van der Waals surface area contributed by atoms with Gasteiger partial charge in [-0.05, 0) is 52.2 Å². The molecule has 1 amide bonds. The molecule has 1 unspecified atom stereocenters. The predicted octanol–water partition coefficient (Wildman–Crippen LogP) is 3.24. The second kappa shape index (κ2) is 7.87. The van der Waals surface area contributed by atoms with Gasteiger partial charge in [-0.15, -0.1) is 0 Å². The maximum absolute atomic E-state index is 12.0. The first-order valence-electron chi connectivity index (χ1n) is 8.26. The van der Waals surface area contributed by atoms with Gasteiger partial charge in [-0.1, -0.05) is 24.3 Å². The first kappa shape index (κ1) is 21.0. The van der Waals surface area contributed by atoms with Crippen LogP contribution in [0.5, 0.6) is 0 Å². The number of aliphatic hydroxyl groups is 1. The zero-order valence-corrected chi connectivity index (χ0v) is 15.9. The van der Waals surface area contributed by atoms with Crippen molar-refractivity contribution in [1.82, 2.24) is 4.90 Å². The number of nitrogens with zero attached hydrogens (tertiary/aromatic N) is 1. The van der Waals surface area contributed by atoms with E-state index in [1.54, 1.807) is 59.9 Å². The van der Waals surface area contributed by atoms with Crippen molar-refractivity contribution in [3.8, 4) is 0 Å². The van der Waals surface area contributed by atoms with E-state index in [4.69, 9.17) is 4.74 Å². The minimum absolute atomic E-state index is 0.0840. The molecular formula is C19H29NO5. The number of likely N-dealkylation sites (N-methyl/N-ethyl adjacent to an activating group) is 1. The summed E-state index contributed by atoms with van der Waals surface area (Å²) in [6.45, 7) is 8.75. The minimum atomic E-state index is -0.892. The number of hydrogen-bond acceptors (Lipinski definition) is 4. The zero-order chi connectivity index (χ0) is 19.4. The van der Waals surface area contributed by atoms with E-state index in [0.717, 1.165) is 5.56 Å². The number of ether oxygens (including phenoxy) is 1. The fraction of sp³-hybridized carbons (Fsp3) is 0.579. The maximum Gasteiger partial charge on any atom is 0.410 e. The van der Waals surface area contributed by atoms with Gasteiger partial charge >= 0.3 is 12.1 Å². The summed E-state index contributed by atoms with van der Waals surface area (Å²) < 4.78 is 5.26. The molecule has 0 radical (unpaired) electrons. The van der Waals surface area contributed by atoms with Crippen molar-refractivity contribution in [2.45, 2.75) is 52.7 Å². The molecule has 1 atom stereocenters. The van der Waals surface area contributed by atoms with Crippen molar-refractivity contribution in [1.29, 1.82) is 0 Å². The van der Waals surface area contributed by atoms with Gasteiger partial charge in [-0.2, -0.15) is 0 Å². The molecular weight excluding hydrogens is 322 g/mol. The quantitative estimate of drug-likeness (QED) is 0.821. The average molecular weight is 351 g/mol. The molecule has 0 saturated heterocycles. The zero-order valence-electron chi connectivity index (χ0n) is 15.9. The smallest absolute Gasteiger partial charge is 0.410 e. The predicted molar refractivity (Wildman–Crippen MR) is 95.4 cm³/mol. The van der Waals surface area contributed by atoms with Gasteiger partial charge in [0.15, 0.2) is 0 Å². The van der Waals surface area contributed by atoms with Crippen LogP contribution in [0.25, 0.3) is 0 Å². The molecule has 0 heterocycles. The molecule has 140 valence electrons. The van der Waals surface area contributed by atoms with Gasteiger partial charge < -0.3 is 19.8 Å². The van der Waals surface area contributed by atoms with Crippen molar-refractivity contribution in [2.75, 3.05) is 13.6 Å². The number of rotatable bonds is 6. The van der Waals surface area contributed by atoms with Gasteiger partial charge in [0.1, 0.15) is 5.60 Å². The highest BCUT2D eigenvalue weighted by molar-refractivity contribution is 5.74. The molecule has 1 rings (SSSR count). The molecule has 0 spiro atoms. The van der Waals surface area contributed by atoms with Gasteiger partial charge in [0.2, 0.25) is 0 Å². The summed E-state index contributed by atoms with van der Waals surface area (Å²) in [5, 5.41) is 19.7. The average Bonchev–Trinajstić information content (AvgIpc) is 2.44. The number of amides is 1. The molecule has 6 heteroatoms. The Bertz CT molecular complexity index is 618. The number of aliphatic carboxylic acids is 1. The highest BCUT2D eigenvalue weighted by Gasteiger charge is 2.28. The van der Waals surface area contributed by atoms with Gasteiger partial charge in [0, 0.05) is 7.05 Å². The van der Waals surface area contributed by atoms with Crippen molar-refractivity contribution >= 4 is 12.1 Å². The lowest BCUT2D eigenvalue weighted by Gasteiger charge is -2.26. The van der Waals surface area contributed by atoms with E-state index < -0.39 is 29.2 Å². The van der Waals surface area contributed by atoms with E-state index in [9.17, 15) is 19.8 Å². The fourth-order valence-electron chi connectivity index (χ4n) is 2.28. The third-order valence-electron chi connectivity index (χ3n) is 3.71. The minimum Gasteiger partial charge on any atom is -0.481 e. The van der Waals surface area contributed by atoms with Crippen molar-refractivity contribution in [2.24, 2.45) is 5.41 Å². The van der Waals surface area contributed by atoms with Gasteiger partial charge in [0.25, 0.3) is 0 Å². The number of carboxylic acid groups (broad SMARTS) is 1. The lowest BCUT2D eigenvalue weighted by Crippen LogP contribution is -2.36. The first-order valence-corrected chi connectivity index (χ1v) is 8.26. The number of carbonyl (C=O) groups excluding carboxylic acids is 1. The van der Waals surface area contributed by atoms with Crippen LogP contribution in [0.15, 0.2) is 24.3 Å². The van der Waals surface area contributed by atoms with Crippen LogP contribution in [0.1, 0.15) is 51.8 Å². The van der Waals surface area contributed by atoms with Crippen LogP contribution in [-0.2, 0) is 16.0 Å². The number of benzene rings is 1. The summed E-state index contributed by atoms with van der Waals surface area (Å²) in [6.07, 6.45) is -1.04. The molecule has 0 aliphatic heterocycles. The Kier molecular flexibility index (Phi) is 6.60. The summed E-state index contributed by atoms with van der Waals surface area (Å²) in [5.41, 5.74) is -0.0341.